The van der Waals surface area contributed by atoms with Gasteiger partial charge in [-0.1, -0.05) is 13.0 Å². The van der Waals surface area contributed by atoms with Gasteiger partial charge in [0.25, 0.3) is 0 Å². The summed E-state index contributed by atoms with van der Waals surface area (Å²) in [7, 11) is 1.90. The lowest BCUT2D eigenvalue weighted by atomic mass is 10.0. The molecule has 7 nitrogen and oxygen atoms in total. The molecule has 7 heteroatoms. The number of rotatable bonds is 3. The maximum atomic E-state index is 4.80. The van der Waals surface area contributed by atoms with Crippen molar-refractivity contribution in [2.75, 3.05) is 0 Å². The number of hydrogen-bond donors (Lipinski definition) is 0. The Morgan fingerprint density at radius 2 is 1.85 bits per heavy atom. The minimum absolute atomic E-state index is 0.147. The molecule has 0 bridgehead atoms. The lowest BCUT2D eigenvalue weighted by Gasteiger charge is -2.12. The molecule has 0 aliphatic heterocycles. The van der Waals surface area contributed by atoms with Gasteiger partial charge < -0.3 is 4.40 Å². The van der Waals surface area contributed by atoms with E-state index in [2.05, 4.69) is 34.3 Å². The summed E-state index contributed by atoms with van der Waals surface area (Å²) in [4.78, 5) is 8.82. The Bertz CT molecular complexity index is 1230. The van der Waals surface area contributed by atoms with E-state index in [1.165, 1.54) is 5.56 Å². The molecule has 0 amide bonds. The van der Waals surface area contributed by atoms with Crippen LogP contribution in [-0.4, -0.2) is 33.8 Å². The number of nitrogens with zero attached hydrogens (tertiary/aromatic N) is 7. The smallest absolute Gasteiger partial charge is 0.153 e. The van der Waals surface area contributed by atoms with Crippen molar-refractivity contribution in [3.63, 3.8) is 0 Å². The zero-order chi connectivity index (χ0) is 17.7. The van der Waals surface area contributed by atoms with E-state index < -0.39 is 0 Å². The summed E-state index contributed by atoms with van der Waals surface area (Å²) in [6.45, 7) is 2.17. The maximum absolute atomic E-state index is 4.80. The fraction of sp³-hybridized carbons (Fsp3) is 0.158. The van der Waals surface area contributed by atoms with Gasteiger partial charge in [0.05, 0.1) is 23.8 Å². The molecule has 0 radical (unpaired) electrons. The van der Waals surface area contributed by atoms with Crippen LogP contribution in [0.3, 0.4) is 0 Å². The van der Waals surface area contributed by atoms with Gasteiger partial charge in [0.2, 0.25) is 0 Å². The molecule has 26 heavy (non-hydrogen) atoms. The third-order valence-electron chi connectivity index (χ3n) is 4.74. The van der Waals surface area contributed by atoms with Gasteiger partial charge in [-0.3, -0.25) is 4.68 Å². The molecule has 128 valence electrons. The number of aryl methyl sites for hydroxylation is 1. The summed E-state index contributed by atoms with van der Waals surface area (Å²) in [5, 5.41) is 9.03. The fourth-order valence-corrected chi connectivity index (χ4v) is 3.26. The largest absolute Gasteiger partial charge is 0.307 e. The fourth-order valence-electron chi connectivity index (χ4n) is 3.26. The predicted molar refractivity (Wildman–Crippen MR) is 97.9 cm³/mol. The van der Waals surface area contributed by atoms with Crippen LogP contribution in [0.25, 0.3) is 22.6 Å². The third-order valence-corrected chi connectivity index (χ3v) is 4.74. The quantitative estimate of drug-likeness (QED) is 0.505. The normalized spacial score (nSPS) is 12.8. The van der Waals surface area contributed by atoms with Crippen molar-refractivity contribution < 1.29 is 0 Å². The Hall–Kier alpha value is -3.48. The molecule has 0 fully saturated rings. The first-order chi connectivity index (χ1) is 12.7. The van der Waals surface area contributed by atoms with Gasteiger partial charge in [-0.15, -0.1) is 0 Å². The van der Waals surface area contributed by atoms with Gasteiger partial charge in [-0.25, -0.2) is 14.5 Å². The van der Waals surface area contributed by atoms with Crippen LogP contribution in [0.5, 0.6) is 0 Å². The van der Waals surface area contributed by atoms with E-state index in [0.717, 1.165) is 28.2 Å². The molecule has 0 aliphatic rings. The molecule has 0 aromatic carbocycles. The summed E-state index contributed by atoms with van der Waals surface area (Å²) < 4.78 is 5.73. The first-order valence-corrected chi connectivity index (χ1v) is 8.45. The van der Waals surface area contributed by atoms with Crippen LogP contribution in [0.1, 0.15) is 24.1 Å². The van der Waals surface area contributed by atoms with Gasteiger partial charge in [-0.2, -0.15) is 10.2 Å². The van der Waals surface area contributed by atoms with E-state index in [4.69, 9.17) is 5.10 Å². The first-order valence-electron chi connectivity index (χ1n) is 8.45. The predicted octanol–water partition coefficient (Wildman–Crippen LogP) is 2.93. The summed E-state index contributed by atoms with van der Waals surface area (Å²) in [6, 6.07) is 8.11. The highest BCUT2D eigenvalue weighted by molar-refractivity contribution is 5.58. The van der Waals surface area contributed by atoms with Gasteiger partial charge in [0.1, 0.15) is 5.65 Å². The Kier molecular flexibility index (Phi) is 3.15. The molecule has 0 saturated heterocycles. The zero-order valence-electron chi connectivity index (χ0n) is 14.5. The second kappa shape index (κ2) is 5.52. The van der Waals surface area contributed by atoms with Gasteiger partial charge >= 0.3 is 0 Å². The van der Waals surface area contributed by atoms with Crippen molar-refractivity contribution in [3.05, 3.63) is 72.7 Å². The average molecular weight is 343 g/mol. The van der Waals surface area contributed by atoms with Crippen LogP contribution in [-0.2, 0) is 7.05 Å². The number of imidazole rings is 2. The summed E-state index contributed by atoms with van der Waals surface area (Å²) in [5.41, 5.74) is 5.87. The molecule has 1 atom stereocenters. The van der Waals surface area contributed by atoms with E-state index in [0.29, 0.717) is 0 Å². The van der Waals surface area contributed by atoms with E-state index in [-0.39, 0.29) is 5.92 Å². The lowest BCUT2D eigenvalue weighted by Crippen LogP contribution is -2.05. The molecule has 0 aliphatic carbocycles. The minimum Gasteiger partial charge on any atom is -0.307 e. The Morgan fingerprint density at radius 3 is 2.69 bits per heavy atom. The molecular formula is C19H17N7. The Balaban J connectivity index is 1.61. The molecule has 5 aromatic heterocycles. The maximum Gasteiger partial charge on any atom is 0.153 e. The topological polar surface area (TPSA) is 65.3 Å². The lowest BCUT2D eigenvalue weighted by molar-refractivity contribution is 0.767. The molecule has 0 unspecified atom stereocenters. The van der Waals surface area contributed by atoms with Crippen LogP contribution in [0.2, 0.25) is 0 Å². The van der Waals surface area contributed by atoms with Crippen molar-refractivity contribution in [2.45, 2.75) is 12.8 Å². The number of hydrogen-bond acceptors (Lipinski definition) is 4. The first kappa shape index (κ1) is 14.8. The van der Waals surface area contributed by atoms with Crippen LogP contribution in [0.15, 0.2) is 61.4 Å². The van der Waals surface area contributed by atoms with Crippen molar-refractivity contribution in [1.82, 2.24) is 33.8 Å². The number of pyridine rings is 1. The second-order valence-corrected chi connectivity index (χ2v) is 6.45. The van der Waals surface area contributed by atoms with Crippen LogP contribution < -0.4 is 0 Å². The molecular weight excluding hydrogens is 326 g/mol. The van der Waals surface area contributed by atoms with Crippen molar-refractivity contribution in [3.8, 4) is 11.3 Å². The van der Waals surface area contributed by atoms with Crippen molar-refractivity contribution >= 4 is 11.3 Å². The van der Waals surface area contributed by atoms with Gasteiger partial charge in [0.15, 0.2) is 5.65 Å². The molecule has 5 heterocycles. The van der Waals surface area contributed by atoms with Crippen LogP contribution in [0, 0.1) is 0 Å². The second-order valence-electron chi connectivity index (χ2n) is 6.45. The molecule has 0 spiro atoms. The van der Waals surface area contributed by atoms with Crippen LogP contribution in [0.4, 0.5) is 0 Å². The van der Waals surface area contributed by atoms with E-state index in [9.17, 15) is 0 Å². The summed E-state index contributed by atoms with van der Waals surface area (Å²) >= 11 is 0. The van der Waals surface area contributed by atoms with E-state index in [1.807, 2.05) is 59.0 Å². The highest BCUT2D eigenvalue weighted by Crippen LogP contribution is 2.26. The highest BCUT2D eigenvalue weighted by Gasteiger charge is 2.16. The summed E-state index contributed by atoms with van der Waals surface area (Å²) in [6.07, 6.45) is 11.6. The summed E-state index contributed by atoms with van der Waals surface area (Å²) in [5.74, 6) is 0.147. The van der Waals surface area contributed by atoms with Crippen LogP contribution >= 0.6 is 0 Å². The van der Waals surface area contributed by atoms with Gasteiger partial charge in [-0.05, 0) is 23.8 Å². The molecule has 5 aromatic rings. The van der Waals surface area contributed by atoms with E-state index in [1.54, 1.807) is 10.9 Å². The monoisotopic (exact) mass is 343 g/mol. The third kappa shape index (κ3) is 2.28. The number of aromatic nitrogens is 7. The van der Waals surface area contributed by atoms with Crippen molar-refractivity contribution in [2.24, 2.45) is 7.05 Å². The van der Waals surface area contributed by atoms with Crippen molar-refractivity contribution in [1.29, 1.82) is 0 Å². The average Bonchev–Trinajstić information content (AvgIpc) is 3.38. The molecule has 5 rings (SSSR count). The standard InChI is InChI=1S/C19H17N7/c1-13(14-3-5-18-20-7-8-25(18)12-14)17-10-21-19-6-4-16(23-26(17)19)15-9-22-24(2)11-15/h3-13H,1-2H3/t13-/m1/s1. The zero-order valence-corrected chi connectivity index (χ0v) is 14.5. The SMILES string of the molecule is C[C@H](c1ccc2nccn2c1)c1cnc2ccc(-c3cnn(C)c3)nn12. The molecule has 0 saturated carbocycles. The number of fused-ring (bicyclic) bond motifs is 2. The highest BCUT2D eigenvalue weighted by atomic mass is 15.3. The van der Waals surface area contributed by atoms with E-state index >= 15 is 0 Å². The molecule has 0 N–H and O–H groups in total. The minimum atomic E-state index is 0.147. The van der Waals surface area contributed by atoms with Gasteiger partial charge in [0, 0.05) is 43.3 Å². The Morgan fingerprint density at radius 1 is 0.962 bits per heavy atom. The Labute approximate surface area is 149 Å².